The molecule has 2 heterocycles. The molecular weight excluding hydrogens is 669 g/mol. The quantitative estimate of drug-likeness (QED) is 0.172. The molecule has 55 heavy (non-hydrogen) atoms. The van der Waals surface area contributed by atoms with Crippen molar-refractivity contribution in [3.63, 3.8) is 0 Å². The molecular formula is C52H34N2O. The number of fused-ring (bicyclic) bond motifs is 8. The molecule has 0 saturated heterocycles. The van der Waals surface area contributed by atoms with Crippen LogP contribution in [0.1, 0.15) is 0 Å². The predicted octanol–water partition coefficient (Wildman–Crippen LogP) is 14.6. The third kappa shape index (κ3) is 5.20. The van der Waals surface area contributed by atoms with Crippen molar-refractivity contribution >= 4 is 71.6 Å². The van der Waals surface area contributed by atoms with Gasteiger partial charge in [0.05, 0.1) is 11.0 Å². The van der Waals surface area contributed by atoms with Crippen LogP contribution in [0, 0.1) is 0 Å². The number of nitrogens with zero attached hydrogens (tertiary/aromatic N) is 2. The van der Waals surface area contributed by atoms with Crippen LogP contribution in [0.2, 0.25) is 0 Å². The van der Waals surface area contributed by atoms with Crippen LogP contribution in [0.25, 0.3) is 82.5 Å². The van der Waals surface area contributed by atoms with E-state index in [9.17, 15) is 0 Å². The molecule has 0 spiro atoms. The summed E-state index contributed by atoms with van der Waals surface area (Å²) in [6.45, 7) is 0. The Labute approximate surface area is 318 Å². The largest absolute Gasteiger partial charge is 0.456 e. The van der Waals surface area contributed by atoms with E-state index in [2.05, 4.69) is 204 Å². The van der Waals surface area contributed by atoms with Crippen LogP contribution < -0.4 is 4.90 Å². The molecule has 3 nitrogen and oxygen atoms in total. The monoisotopic (exact) mass is 702 g/mol. The maximum absolute atomic E-state index is 6.22. The number of rotatable bonds is 6. The molecule has 0 saturated carbocycles. The highest BCUT2D eigenvalue weighted by molar-refractivity contribution is 6.19. The summed E-state index contributed by atoms with van der Waals surface area (Å²) in [5.74, 6) is 0. The summed E-state index contributed by atoms with van der Waals surface area (Å²) in [5, 5.41) is 7.22. The first-order valence-corrected chi connectivity index (χ1v) is 18.8. The lowest BCUT2D eigenvalue weighted by Crippen LogP contribution is -2.09. The summed E-state index contributed by atoms with van der Waals surface area (Å²) >= 11 is 0. The van der Waals surface area contributed by atoms with Gasteiger partial charge in [-0.3, -0.25) is 0 Å². The summed E-state index contributed by atoms with van der Waals surface area (Å²) in [6.07, 6.45) is 0. The lowest BCUT2D eigenvalue weighted by molar-refractivity contribution is 0.669. The van der Waals surface area contributed by atoms with Gasteiger partial charge >= 0.3 is 0 Å². The molecule has 0 aliphatic carbocycles. The van der Waals surface area contributed by atoms with E-state index in [1.54, 1.807) is 0 Å². The minimum absolute atomic E-state index is 0.885. The van der Waals surface area contributed by atoms with E-state index in [1.165, 1.54) is 49.3 Å². The molecule has 0 amide bonds. The third-order valence-corrected chi connectivity index (χ3v) is 11.0. The number of anilines is 3. The van der Waals surface area contributed by atoms with E-state index in [0.717, 1.165) is 50.3 Å². The van der Waals surface area contributed by atoms with Gasteiger partial charge < -0.3 is 13.9 Å². The van der Waals surface area contributed by atoms with E-state index >= 15 is 0 Å². The summed E-state index contributed by atoms with van der Waals surface area (Å²) in [6, 6.07) is 74.0. The maximum atomic E-state index is 6.22. The molecule has 11 aromatic rings. The second-order valence-corrected chi connectivity index (χ2v) is 14.2. The normalized spacial score (nSPS) is 11.6. The Balaban J connectivity index is 1.04. The van der Waals surface area contributed by atoms with Gasteiger partial charge in [-0.25, -0.2) is 0 Å². The fourth-order valence-electron chi connectivity index (χ4n) is 8.34. The van der Waals surface area contributed by atoms with Gasteiger partial charge in [0.1, 0.15) is 11.2 Å². The van der Waals surface area contributed by atoms with Crippen molar-refractivity contribution in [2.45, 2.75) is 0 Å². The van der Waals surface area contributed by atoms with Crippen LogP contribution >= 0.6 is 0 Å². The number of aromatic nitrogens is 1. The standard InChI is InChI=1S/C52H34N2O/c1-3-11-35(12-4-1)36-19-25-41(26-20-36)53(43-29-32-51-48(34-43)46-17-9-10-18-50(46)55-51)42-27-21-37(22-28-42)39-24-30-45-47-31-23-38-13-7-8-16-44(38)52(47)54(49(45)33-39)40-14-5-2-6-15-40/h1-34H. The highest BCUT2D eigenvalue weighted by atomic mass is 16.3. The van der Waals surface area contributed by atoms with Gasteiger partial charge in [-0.2, -0.15) is 0 Å². The summed E-state index contributed by atoms with van der Waals surface area (Å²) in [4.78, 5) is 2.33. The number of para-hydroxylation sites is 2. The minimum atomic E-state index is 0.885. The second kappa shape index (κ2) is 12.6. The molecule has 11 rings (SSSR count). The number of furan rings is 1. The molecule has 3 heteroatoms. The molecule has 258 valence electrons. The van der Waals surface area contributed by atoms with E-state index in [4.69, 9.17) is 4.42 Å². The summed E-state index contributed by atoms with van der Waals surface area (Å²) in [5.41, 5.74) is 13.3. The summed E-state index contributed by atoms with van der Waals surface area (Å²) < 4.78 is 8.65. The van der Waals surface area contributed by atoms with Gasteiger partial charge in [0, 0.05) is 49.7 Å². The van der Waals surface area contributed by atoms with Gasteiger partial charge in [0.2, 0.25) is 0 Å². The molecule has 2 aromatic heterocycles. The molecule has 0 N–H and O–H groups in total. The van der Waals surface area contributed by atoms with Gasteiger partial charge in [0.15, 0.2) is 0 Å². The molecule has 0 unspecified atom stereocenters. The molecule has 0 radical (unpaired) electrons. The van der Waals surface area contributed by atoms with Crippen molar-refractivity contribution in [1.29, 1.82) is 0 Å². The van der Waals surface area contributed by atoms with E-state index in [1.807, 2.05) is 12.1 Å². The van der Waals surface area contributed by atoms with Crippen LogP contribution in [0.5, 0.6) is 0 Å². The van der Waals surface area contributed by atoms with Crippen LogP contribution in [-0.2, 0) is 0 Å². The first-order valence-electron chi connectivity index (χ1n) is 18.8. The maximum Gasteiger partial charge on any atom is 0.135 e. The lowest BCUT2D eigenvalue weighted by Gasteiger charge is -2.26. The fourth-order valence-corrected chi connectivity index (χ4v) is 8.34. The summed E-state index contributed by atoms with van der Waals surface area (Å²) in [7, 11) is 0. The first-order chi connectivity index (χ1) is 27.3. The van der Waals surface area contributed by atoms with Crippen LogP contribution in [0.3, 0.4) is 0 Å². The molecule has 9 aromatic carbocycles. The number of hydrogen-bond acceptors (Lipinski definition) is 2. The lowest BCUT2D eigenvalue weighted by atomic mass is 10.0. The highest BCUT2D eigenvalue weighted by Crippen LogP contribution is 2.42. The molecule has 0 atom stereocenters. The van der Waals surface area contributed by atoms with Crippen molar-refractivity contribution in [3.05, 3.63) is 206 Å². The Morgan fingerprint density at radius 3 is 1.67 bits per heavy atom. The zero-order chi connectivity index (χ0) is 36.3. The Kier molecular flexibility index (Phi) is 7.17. The number of hydrogen-bond donors (Lipinski definition) is 0. The smallest absolute Gasteiger partial charge is 0.135 e. The fraction of sp³-hybridized carbons (Fsp3) is 0. The average Bonchev–Trinajstić information content (AvgIpc) is 3.80. The van der Waals surface area contributed by atoms with Gasteiger partial charge in [-0.05, 0) is 94.4 Å². The molecule has 0 bridgehead atoms. The van der Waals surface area contributed by atoms with Crippen LogP contribution in [0.4, 0.5) is 17.1 Å². The van der Waals surface area contributed by atoms with Gasteiger partial charge in [-0.15, -0.1) is 0 Å². The second-order valence-electron chi connectivity index (χ2n) is 14.2. The minimum Gasteiger partial charge on any atom is -0.456 e. The van der Waals surface area contributed by atoms with Crippen molar-refractivity contribution in [1.82, 2.24) is 4.57 Å². The zero-order valence-electron chi connectivity index (χ0n) is 29.9. The first kappa shape index (κ1) is 31.2. The average molecular weight is 703 g/mol. The molecule has 0 aliphatic rings. The van der Waals surface area contributed by atoms with Crippen molar-refractivity contribution in [2.24, 2.45) is 0 Å². The zero-order valence-corrected chi connectivity index (χ0v) is 29.9. The Morgan fingerprint density at radius 1 is 0.345 bits per heavy atom. The van der Waals surface area contributed by atoms with Crippen molar-refractivity contribution in [2.75, 3.05) is 4.90 Å². The Bertz CT molecular complexity index is 3180. The van der Waals surface area contributed by atoms with Crippen molar-refractivity contribution in [3.8, 4) is 27.9 Å². The number of benzene rings is 9. The molecule has 0 fully saturated rings. The highest BCUT2D eigenvalue weighted by Gasteiger charge is 2.18. The van der Waals surface area contributed by atoms with Gasteiger partial charge in [-0.1, -0.05) is 140 Å². The van der Waals surface area contributed by atoms with E-state index in [0.29, 0.717) is 0 Å². The van der Waals surface area contributed by atoms with Crippen molar-refractivity contribution < 1.29 is 4.42 Å². The van der Waals surface area contributed by atoms with E-state index < -0.39 is 0 Å². The topological polar surface area (TPSA) is 21.3 Å². The van der Waals surface area contributed by atoms with E-state index in [-0.39, 0.29) is 0 Å². The van der Waals surface area contributed by atoms with Gasteiger partial charge in [0.25, 0.3) is 0 Å². The van der Waals surface area contributed by atoms with Crippen LogP contribution in [0.15, 0.2) is 211 Å². The third-order valence-electron chi connectivity index (χ3n) is 11.0. The molecule has 0 aliphatic heterocycles. The SMILES string of the molecule is c1ccc(-c2ccc(N(c3ccc(-c4ccc5c6ccc7ccccc7c6n(-c6ccccc6)c5c4)cc3)c3ccc4oc5ccccc5c4c3)cc2)cc1. The predicted molar refractivity (Wildman–Crippen MR) is 231 cm³/mol. The van der Waals surface area contributed by atoms with Crippen LogP contribution in [-0.4, -0.2) is 4.57 Å². The Morgan fingerprint density at radius 2 is 0.909 bits per heavy atom. The Hall–Kier alpha value is -7.36.